The first-order valence-corrected chi connectivity index (χ1v) is 7.21. The number of hydrogen-bond donors (Lipinski definition) is 1. The summed E-state index contributed by atoms with van der Waals surface area (Å²) in [6.45, 7) is 5.47. The van der Waals surface area contributed by atoms with Gasteiger partial charge in [-0.25, -0.2) is 4.98 Å². The molecule has 0 amide bonds. The van der Waals surface area contributed by atoms with Crippen molar-refractivity contribution in [2.45, 2.75) is 25.3 Å². The van der Waals surface area contributed by atoms with E-state index >= 15 is 0 Å². The molecule has 19 heavy (non-hydrogen) atoms. The van der Waals surface area contributed by atoms with Gasteiger partial charge in [-0.1, -0.05) is 6.07 Å². The van der Waals surface area contributed by atoms with Crippen LogP contribution in [0.3, 0.4) is 0 Å². The number of nitrogens with one attached hydrogen (secondary N) is 1. The Balaban J connectivity index is 1.56. The topological polar surface area (TPSA) is 41.3 Å². The van der Waals surface area contributed by atoms with Crippen molar-refractivity contribution in [3.63, 3.8) is 0 Å². The summed E-state index contributed by atoms with van der Waals surface area (Å²) in [6, 6.07) is 6.44. The van der Waals surface area contributed by atoms with Crippen LogP contribution in [0.2, 0.25) is 0 Å². The van der Waals surface area contributed by atoms with E-state index in [9.17, 15) is 0 Å². The maximum absolute atomic E-state index is 5.80. The molecule has 100 valence electrons. The monoisotopic (exact) mass is 257 g/mol. The Labute approximate surface area is 112 Å². The third kappa shape index (κ3) is 2.38. The molecule has 2 aliphatic rings. The number of rotatable bonds is 3. The van der Waals surface area contributed by atoms with Gasteiger partial charge in [0, 0.05) is 38.6 Å². The molecule has 0 radical (unpaired) electrons. The summed E-state index contributed by atoms with van der Waals surface area (Å²) in [6.07, 6.45) is 2.47. The van der Waals surface area contributed by atoms with Crippen LogP contribution in [0.15, 0.2) is 22.6 Å². The number of hydrogen-bond acceptors (Lipinski definition) is 4. The smallest absolute Gasteiger partial charge is 0.198 e. The van der Waals surface area contributed by atoms with Gasteiger partial charge in [0.05, 0.1) is 0 Å². The molecule has 1 aliphatic heterocycles. The highest BCUT2D eigenvalue weighted by Gasteiger charge is 2.28. The summed E-state index contributed by atoms with van der Waals surface area (Å²) in [4.78, 5) is 7.12. The molecule has 2 heterocycles. The largest absolute Gasteiger partial charge is 0.440 e. The summed E-state index contributed by atoms with van der Waals surface area (Å²) in [5, 5.41) is 3.38. The minimum atomic E-state index is 0.587. The predicted molar refractivity (Wildman–Crippen MR) is 74.1 cm³/mol. The van der Waals surface area contributed by atoms with E-state index < -0.39 is 0 Å². The Morgan fingerprint density at radius 3 is 2.89 bits per heavy atom. The minimum absolute atomic E-state index is 0.587. The van der Waals surface area contributed by atoms with Crippen LogP contribution in [0.5, 0.6) is 0 Å². The summed E-state index contributed by atoms with van der Waals surface area (Å²) in [7, 11) is 0. The fourth-order valence-corrected chi connectivity index (χ4v) is 2.72. The van der Waals surface area contributed by atoms with Crippen molar-refractivity contribution in [3.05, 3.63) is 29.7 Å². The van der Waals surface area contributed by atoms with E-state index in [1.807, 2.05) is 0 Å². The van der Waals surface area contributed by atoms with Crippen LogP contribution in [0, 0.1) is 0 Å². The van der Waals surface area contributed by atoms with E-state index in [0.717, 1.165) is 49.7 Å². The van der Waals surface area contributed by atoms with Gasteiger partial charge >= 0.3 is 0 Å². The number of oxazole rings is 1. The Hall–Kier alpha value is -1.39. The molecule has 1 aromatic carbocycles. The molecule has 0 bridgehead atoms. The average Bonchev–Trinajstić information content (AvgIpc) is 3.20. The summed E-state index contributed by atoms with van der Waals surface area (Å²) >= 11 is 0. The molecular formula is C15H19N3O. The fraction of sp³-hybridized carbons (Fsp3) is 0.533. The van der Waals surface area contributed by atoms with Gasteiger partial charge in [-0.3, -0.25) is 4.90 Å². The lowest BCUT2D eigenvalue weighted by atomic mass is 10.2. The molecule has 1 aliphatic carbocycles. The maximum Gasteiger partial charge on any atom is 0.198 e. The lowest BCUT2D eigenvalue weighted by Gasteiger charge is -2.27. The zero-order chi connectivity index (χ0) is 12.7. The molecule has 0 atom stereocenters. The standard InChI is InChI=1S/C15H19N3O/c1-4-14-13(17-15(19-14)12-2-3-12)9-11(1)10-18-7-5-16-6-8-18/h1,4,9,12,16H,2-3,5-8,10H2. The van der Waals surface area contributed by atoms with E-state index in [4.69, 9.17) is 4.42 Å². The molecule has 0 spiro atoms. The lowest BCUT2D eigenvalue weighted by molar-refractivity contribution is 0.233. The number of nitrogens with zero attached hydrogens (tertiary/aromatic N) is 2. The Kier molecular flexibility index (Phi) is 2.78. The summed E-state index contributed by atoms with van der Waals surface area (Å²) < 4.78 is 5.80. The number of benzene rings is 1. The number of piperazine rings is 1. The van der Waals surface area contributed by atoms with Gasteiger partial charge in [0.1, 0.15) is 5.52 Å². The molecule has 2 aromatic rings. The lowest BCUT2D eigenvalue weighted by Crippen LogP contribution is -2.42. The van der Waals surface area contributed by atoms with Crippen molar-refractivity contribution in [2.75, 3.05) is 26.2 Å². The first-order chi connectivity index (χ1) is 9.38. The molecule has 4 rings (SSSR count). The summed E-state index contributed by atoms with van der Waals surface area (Å²) in [5.74, 6) is 1.53. The third-order valence-corrected chi connectivity index (χ3v) is 4.01. The van der Waals surface area contributed by atoms with Crippen molar-refractivity contribution in [1.29, 1.82) is 0 Å². The second kappa shape index (κ2) is 4.62. The van der Waals surface area contributed by atoms with Crippen molar-refractivity contribution in [3.8, 4) is 0 Å². The molecule has 1 N–H and O–H groups in total. The molecule has 0 unspecified atom stereocenters. The summed E-state index contributed by atoms with van der Waals surface area (Å²) in [5.41, 5.74) is 3.30. The first-order valence-electron chi connectivity index (χ1n) is 7.21. The van der Waals surface area contributed by atoms with Crippen molar-refractivity contribution >= 4 is 11.1 Å². The Morgan fingerprint density at radius 1 is 1.26 bits per heavy atom. The highest BCUT2D eigenvalue weighted by molar-refractivity contribution is 5.73. The van der Waals surface area contributed by atoms with E-state index in [1.165, 1.54) is 18.4 Å². The zero-order valence-corrected chi connectivity index (χ0v) is 11.1. The first kappa shape index (κ1) is 11.4. The quantitative estimate of drug-likeness (QED) is 0.914. The van der Waals surface area contributed by atoms with E-state index in [0.29, 0.717) is 5.92 Å². The van der Waals surface area contributed by atoms with Crippen LogP contribution in [-0.2, 0) is 6.54 Å². The highest BCUT2D eigenvalue weighted by atomic mass is 16.3. The normalized spacial score (nSPS) is 21.1. The van der Waals surface area contributed by atoms with Crippen LogP contribution in [0.4, 0.5) is 0 Å². The van der Waals surface area contributed by atoms with Gasteiger partial charge in [-0.05, 0) is 30.5 Å². The SMILES string of the molecule is c1cc2oc(C3CC3)nc2cc1CN1CCNCC1. The average molecular weight is 257 g/mol. The highest BCUT2D eigenvalue weighted by Crippen LogP contribution is 2.40. The van der Waals surface area contributed by atoms with Crippen molar-refractivity contribution in [2.24, 2.45) is 0 Å². The molecule has 4 heteroatoms. The van der Waals surface area contributed by atoms with E-state index in [1.54, 1.807) is 0 Å². The van der Waals surface area contributed by atoms with Gasteiger partial charge in [-0.2, -0.15) is 0 Å². The van der Waals surface area contributed by atoms with Gasteiger partial charge in [-0.15, -0.1) is 0 Å². The number of aromatic nitrogens is 1. The van der Waals surface area contributed by atoms with Crippen LogP contribution in [0.1, 0.15) is 30.2 Å². The van der Waals surface area contributed by atoms with Crippen LogP contribution < -0.4 is 5.32 Å². The van der Waals surface area contributed by atoms with Crippen LogP contribution >= 0.6 is 0 Å². The Morgan fingerprint density at radius 2 is 2.11 bits per heavy atom. The van der Waals surface area contributed by atoms with Crippen LogP contribution in [0.25, 0.3) is 11.1 Å². The van der Waals surface area contributed by atoms with Gasteiger partial charge in [0.25, 0.3) is 0 Å². The van der Waals surface area contributed by atoms with Crippen molar-refractivity contribution < 1.29 is 4.42 Å². The van der Waals surface area contributed by atoms with Gasteiger partial charge in [0.15, 0.2) is 11.5 Å². The second-order valence-corrected chi connectivity index (χ2v) is 5.65. The maximum atomic E-state index is 5.80. The van der Waals surface area contributed by atoms with Crippen LogP contribution in [-0.4, -0.2) is 36.1 Å². The fourth-order valence-electron chi connectivity index (χ4n) is 2.72. The van der Waals surface area contributed by atoms with Crippen molar-refractivity contribution in [1.82, 2.24) is 15.2 Å². The molecule has 2 fully saturated rings. The molecule has 1 aromatic heterocycles. The van der Waals surface area contributed by atoms with E-state index in [2.05, 4.69) is 33.4 Å². The number of fused-ring (bicyclic) bond motifs is 1. The molecule has 1 saturated carbocycles. The second-order valence-electron chi connectivity index (χ2n) is 5.65. The third-order valence-electron chi connectivity index (χ3n) is 4.01. The van der Waals surface area contributed by atoms with Gasteiger partial charge in [0.2, 0.25) is 0 Å². The predicted octanol–water partition coefficient (Wildman–Crippen LogP) is 2.11. The van der Waals surface area contributed by atoms with E-state index in [-0.39, 0.29) is 0 Å². The molecule has 1 saturated heterocycles. The zero-order valence-electron chi connectivity index (χ0n) is 11.1. The minimum Gasteiger partial charge on any atom is -0.440 e. The Bertz CT molecular complexity index is 582. The molecular weight excluding hydrogens is 238 g/mol. The van der Waals surface area contributed by atoms with Gasteiger partial charge < -0.3 is 9.73 Å². The molecule has 4 nitrogen and oxygen atoms in total.